The van der Waals surface area contributed by atoms with E-state index in [-0.39, 0.29) is 0 Å². The van der Waals surface area contributed by atoms with E-state index >= 15 is 0 Å². The second-order valence-corrected chi connectivity index (χ2v) is 8.77. The van der Waals surface area contributed by atoms with Crippen LogP contribution < -0.4 is 10.6 Å². The first-order chi connectivity index (χ1) is 15.1. The third kappa shape index (κ3) is 5.51. The zero-order valence-electron chi connectivity index (χ0n) is 18.7. The maximum absolute atomic E-state index is 6.32. The smallest absolute Gasteiger partial charge is 0.228 e. The van der Waals surface area contributed by atoms with Crippen LogP contribution in [0, 0.1) is 0 Å². The van der Waals surface area contributed by atoms with Gasteiger partial charge in [-0.2, -0.15) is 4.98 Å². The number of nitrogen functional groups attached to an aromatic ring is 1. The Morgan fingerprint density at radius 3 is 2.39 bits per heavy atom. The molecular weight excluding hydrogens is 384 g/mol. The van der Waals surface area contributed by atoms with Crippen LogP contribution in [-0.2, 0) is 6.54 Å². The zero-order valence-corrected chi connectivity index (χ0v) is 18.7. The molecule has 2 heterocycles. The van der Waals surface area contributed by atoms with Gasteiger partial charge in [0.1, 0.15) is 5.82 Å². The van der Waals surface area contributed by atoms with E-state index in [1.807, 2.05) is 24.3 Å². The molecule has 3 aromatic rings. The summed E-state index contributed by atoms with van der Waals surface area (Å²) in [6.45, 7) is 5.19. The molecule has 0 radical (unpaired) electrons. The maximum atomic E-state index is 6.32. The van der Waals surface area contributed by atoms with Crippen LogP contribution >= 0.6 is 0 Å². The number of anilines is 2. The van der Waals surface area contributed by atoms with Gasteiger partial charge in [-0.3, -0.25) is 4.90 Å². The Kier molecular flexibility index (Phi) is 6.99. The Morgan fingerprint density at radius 2 is 1.65 bits per heavy atom. The van der Waals surface area contributed by atoms with Crippen molar-refractivity contribution in [3.05, 3.63) is 60.2 Å². The van der Waals surface area contributed by atoms with Crippen LogP contribution in [0.5, 0.6) is 0 Å². The van der Waals surface area contributed by atoms with Crippen LogP contribution in [0.25, 0.3) is 10.9 Å². The van der Waals surface area contributed by atoms with Crippen molar-refractivity contribution in [2.24, 2.45) is 0 Å². The van der Waals surface area contributed by atoms with E-state index in [9.17, 15) is 0 Å². The van der Waals surface area contributed by atoms with Crippen molar-refractivity contribution in [1.82, 2.24) is 19.8 Å². The number of benzene rings is 2. The van der Waals surface area contributed by atoms with Gasteiger partial charge in [-0.05, 0) is 57.6 Å². The molecule has 0 unspecified atom stereocenters. The first kappa shape index (κ1) is 21.5. The lowest BCUT2D eigenvalue weighted by Gasteiger charge is -2.39. The van der Waals surface area contributed by atoms with Gasteiger partial charge in [-0.25, -0.2) is 4.98 Å². The molecule has 0 atom stereocenters. The van der Waals surface area contributed by atoms with Crippen LogP contribution in [-0.4, -0.2) is 66.1 Å². The quantitative estimate of drug-likeness (QED) is 0.603. The van der Waals surface area contributed by atoms with Gasteiger partial charge < -0.3 is 15.5 Å². The summed E-state index contributed by atoms with van der Waals surface area (Å²) in [5.74, 6) is 1.34. The van der Waals surface area contributed by atoms with E-state index in [1.165, 1.54) is 5.56 Å². The molecule has 1 aliphatic heterocycles. The van der Waals surface area contributed by atoms with E-state index in [0.717, 1.165) is 68.8 Å². The molecule has 0 aliphatic carbocycles. The van der Waals surface area contributed by atoms with Crippen molar-refractivity contribution in [2.75, 3.05) is 50.9 Å². The molecule has 4 rings (SSSR count). The molecule has 31 heavy (non-hydrogen) atoms. The molecule has 1 fully saturated rings. The van der Waals surface area contributed by atoms with Crippen molar-refractivity contribution < 1.29 is 0 Å². The van der Waals surface area contributed by atoms with Gasteiger partial charge in [-0.1, -0.05) is 42.5 Å². The van der Waals surface area contributed by atoms with Crippen molar-refractivity contribution in [2.45, 2.75) is 31.8 Å². The van der Waals surface area contributed by atoms with Crippen LogP contribution in [0.3, 0.4) is 0 Å². The van der Waals surface area contributed by atoms with E-state index in [0.29, 0.717) is 11.9 Å². The highest BCUT2D eigenvalue weighted by Gasteiger charge is 2.27. The molecule has 0 bridgehead atoms. The highest BCUT2D eigenvalue weighted by atomic mass is 15.3. The van der Waals surface area contributed by atoms with Gasteiger partial charge in [0.15, 0.2) is 0 Å². The minimum atomic E-state index is 0.440. The predicted molar refractivity (Wildman–Crippen MR) is 129 cm³/mol. The molecule has 164 valence electrons. The molecule has 1 aromatic heterocycles. The Bertz CT molecular complexity index is 966. The van der Waals surface area contributed by atoms with Gasteiger partial charge in [0, 0.05) is 37.6 Å². The normalized spacial score (nSPS) is 15.6. The number of rotatable bonds is 8. The number of likely N-dealkylation sites (tertiary alicyclic amines) is 1. The Labute approximate surface area is 185 Å². The number of hydrogen-bond donors (Lipinski definition) is 1. The predicted octanol–water partition coefficient (Wildman–Crippen LogP) is 3.63. The average molecular weight is 419 g/mol. The summed E-state index contributed by atoms with van der Waals surface area (Å²) in [5, 5.41) is 0.928. The molecule has 6 heteroatoms. The molecular formula is C25H34N6. The molecule has 0 spiro atoms. The van der Waals surface area contributed by atoms with E-state index in [4.69, 9.17) is 15.7 Å². The lowest BCUT2D eigenvalue weighted by molar-refractivity contribution is 0.200. The number of aromatic nitrogens is 2. The Balaban J connectivity index is 1.49. The SMILES string of the molecule is CN(C)CCCN(c1nc(N)c2ccccc2n1)C1CCN(Cc2ccccc2)CC1. The van der Waals surface area contributed by atoms with Crippen LogP contribution in [0.1, 0.15) is 24.8 Å². The van der Waals surface area contributed by atoms with Gasteiger partial charge >= 0.3 is 0 Å². The Morgan fingerprint density at radius 1 is 0.935 bits per heavy atom. The molecule has 0 amide bonds. The van der Waals surface area contributed by atoms with Gasteiger partial charge in [0.25, 0.3) is 0 Å². The number of piperidine rings is 1. The molecule has 1 saturated heterocycles. The number of nitrogens with zero attached hydrogens (tertiary/aromatic N) is 5. The lowest BCUT2D eigenvalue weighted by Crippen LogP contribution is -2.46. The zero-order chi connectivity index (χ0) is 21.6. The largest absolute Gasteiger partial charge is 0.383 e. The number of para-hydroxylation sites is 1. The van der Waals surface area contributed by atoms with Gasteiger partial charge in [0.2, 0.25) is 5.95 Å². The maximum Gasteiger partial charge on any atom is 0.228 e. The number of nitrogens with two attached hydrogens (primary N) is 1. The summed E-state index contributed by atoms with van der Waals surface area (Å²) in [7, 11) is 4.24. The summed E-state index contributed by atoms with van der Waals surface area (Å²) in [6, 6.07) is 19.2. The van der Waals surface area contributed by atoms with E-state index < -0.39 is 0 Å². The fraction of sp³-hybridized carbons (Fsp3) is 0.440. The fourth-order valence-corrected chi connectivity index (χ4v) is 4.45. The van der Waals surface area contributed by atoms with Crippen molar-refractivity contribution in [1.29, 1.82) is 0 Å². The van der Waals surface area contributed by atoms with E-state index in [1.54, 1.807) is 0 Å². The monoisotopic (exact) mass is 418 g/mol. The number of fused-ring (bicyclic) bond motifs is 1. The first-order valence-electron chi connectivity index (χ1n) is 11.3. The third-order valence-electron chi connectivity index (χ3n) is 6.13. The van der Waals surface area contributed by atoms with E-state index in [2.05, 4.69) is 59.1 Å². The van der Waals surface area contributed by atoms with Crippen molar-refractivity contribution in [3.63, 3.8) is 0 Å². The standard InChI is InChI=1S/C25H34N6/c1-29(2)15-8-16-31(25-27-23-12-7-6-11-22(23)24(26)28-25)21-13-17-30(18-14-21)19-20-9-4-3-5-10-20/h3-7,9-12,21H,8,13-19H2,1-2H3,(H2,26,27,28). The van der Waals surface area contributed by atoms with Crippen LogP contribution in [0.15, 0.2) is 54.6 Å². The minimum Gasteiger partial charge on any atom is -0.383 e. The summed E-state index contributed by atoms with van der Waals surface area (Å²) < 4.78 is 0. The average Bonchev–Trinajstić information content (AvgIpc) is 2.78. The summed E-state index contributed by atoms with van der Waals surface area (Å²) in [5.41, 5.74) is 8.62. The van der Waals surface area contributed by atoms with Crippen molar-refractivity contribution in [3.8, 4) is 0 Å². The highest BCUT2D eigenvalue weighted by molar-refractivity contribution is 5.88. The molecule has 0 saturated carbocycles. The summed E-state index contributed by atoms with van der Waals surface area (Å²) in [4.78, 5) is 16.8. The molecule has 2 N–H and O–H groups in total. The second kappa shape index (κ2) is 10.1. The molecule has 2 aromatic carbocycles. The molecule has 6 nitrogen and oxygen atoms in total. The van der Waals surface area contributed by atoms with Gasteiger partial charge in [0.05, 0.1) is 5.52 Å². The van der Waals surface area contributed by atoms with Crippen LogP contribution in [0.2, 0.25) is 0 Å². The Hall–Kier alpha value is -2.70. The third-order valence-corrected chi connectivity index (χ3v) is 6.13. The topological polar surface area (TPSA) is 61.5 Å². The fourth-order valence-electron chi connectivity index (χ4n) is 4.45. The summed E-state index contributed by atoms with van der Waals surface area (Å²) in [6.07, 6.45) is 3.31. The van der Waals surface area contributed by atoms with Crippen LogP contribution in [0.4, 0.5) is 11.8 Å². The highest BCUT2D eigenvalue weighted by Crippen LogP contribution is 2.26. The second-order valence-electron chi connectivity index (χ2n) is 8.77. The van der Waals surface area contributed by atoms with Gasteiger partial charge in [-0.15, -0.1) is 0 Å². The molecule has 1 aliphatic rings. The minimum absolute atomic E-state index is 0.440. The number of hydrogen-bond acceptors (Lipinski definition) is 6. The summed E-state index contributed by atoms with van der Waals surface area (Å²) >= 11 is 0. The first-order valence-corrected chi connectivity index (χ1v) is 11.3. The lowest BCUT2D eigenvalue weighted by atomic mass is 10.0. The van der Waals surface area contributed by atoms with Crippen molar-refractivity contribution >= 4 is 22.7 Å².